The van der Waals surface area contributed by atoms with Gasteiger partial charge in [0.2, 0.25) is 0 Å². The molecule has 0 N–H and O–H groups in total. The standard InChI is InChI=1S/2C11H10.2C7H8.6C5H5N.C2H6/c2*1-9-6-7-10-4-2-3-5-11(10)8-9;2*1-7-5-3-2-4-6-7;6*1-2-4-6-5-3-1;1-2/h2*2-8H,1H3;2*2-6H,1H3;6*1-5H;1-2H3. The molecular weight excluding hydrogens is 901 g/mol. The molecule has 0 aliphatic rings. The first kappa shape index (κ1) is 60.9. The highest BCUT2D eigenvalue weighted by molar-refractivity contribution is 5.83. The van der Waals surface area contributed by atoms with Crippen molar-refractivity contribution in [1.29, 1.82) is 0 Å². The van der Waals surface area contributed by atoms with Gasteiger partial charge < -0.3 is 0 Å². The summed E-state index contributed by atoms with van der Waals surface area (Å²) in [6.07, 6.45) is 21.0. The lowest BCUT2D eigenvalue weighted by molar-refractivity contribution is 1.33. The van der Waals surface area contributed by atoms with E-state index in [1.165, 1.54) is 43.8 Å². The molecule has 0 radical (unpaired) electrons. The first-order valence-electron chi connectivity index (χ1n) is 24.6. The van der Waals surface area contributed by atoms with Crippen molar-refractivity contribution in [2.75, 3.05) is 0 Å². The summed E-state index contributed by atoms with van der Waals surface area (Å²) >= 11 is 0. The van der Waals surface area contributed by atoms with E-state index in [9.17, 15) is 0 Å². The van der Waals surface area contributed by atoms with E-state index in [-0.39, 0.29) is 0 Å². The molecule has 0 aliphatic heterocycles. The Bertz CT molecular complexity index is 2450. The van der Waals surface area contributed by atoms with Crippen LogP contribution >= 0.6 is 0 Å². The molecule has 12 aromatic rings. The van der Waals surface area contributed by atoms with Gasteiger partial charge in [0, 0.05) is 74.4 Å². The Labute approximate surface area is 442 Å². The molecule has 0 spiro atoms. The molecule has 12 rings (SSSR count). The van der Waals surface area contributed by atoms with Gasteiger partial charge in [-0.2, -0.15) is 0 Å². The van der Waals surface area contributed by atoms with Crippen LogP contribution in [0.3, 0.4) is 0 Å². The Morgan fingerprint density at radius 1 is 0.176 bits per heavy atom. The Hall–Kier alpha value is -9.26. The third-order valence-corrected chi connectivity index (χ3v) is 9.09. The molecule has 0 saturated carbocycles. The minimum absolute atomic E-state index is 1.32. The fourth-order valence-electron chi connectivity index (χ4n) is 5.56. The summed E-state index contributed by atoms with van der Waals surface area (Å²) in [7, 11) is 0. The van der Waals surface area contributed by atoms with Crippen molar-refractivity contribution in [1.82, 2.24) is 29.9 Å². The molecule has 6 nitrogen and oxygen atoms in total. The van der Waals surface area contributed by atoms with Gasteiger partial charge in [0.05, 0.1) is 0 Å². The van der Waals surface area contributed by atoms with E-state index in [1.54, 1.807) is 74.4 Å². The monoisotopic (exact) mass is 973 g/mol. The SMILES string of the molecule is CC.Cc1ccc2ccccc2c1.Cc1ccc2ccccc2c1.Cc1ccccc1.Cc1ccccc1.c1ccncc1.c1ccncc1.c1ccncc1.c1ccncc1.c1ccncc1.c1ccncc1. The number of pyridine rings is 6. The highest BCUT2D eigenvalue weighted by Gasteiger charge is 1.90. The summed E-state index contributed by atoms with van der Waals surface area (Å²) < 4.78 is 0. The van der Waals surface area contributed by atoms with E-state index >= 15 is 0 Å². The van der Waals surface area contributed by atoms with Crippen LogP contribution < -0.4 is 0 Å². The Morgan fingerprint density at radius 3 is 0.527 bits per heavy atom. The average molecular weight is 973 g/mol. The van der Waals surface area contributed by atoms with Crippen LogP contribution in [0.1, 0.15) is 36.1 Å². The Balaban J connectivity index is 0.000000283. The highest BCUT2D eigenvalue weighted by atomic mass is 14.6. The second kappa shape index (κ2) is 44.9. The maximum atomic E-state index is 3.78. The zero-order valence-electron chi connectivity index (χ0n) is 43.9. The van der Waals surface area contributed by atoms with Gasteiger partial charge in [0.1, 0.15) is 0 Å². The number of benzene rings is 6. The van der Waals surface area contributed by atoms with Crippen LogP contribution in [0, 0.1) is 27.7 Å². The lowest BCUT2D eigenvalue weighted by Crippen LogP contribution is -1.73. The quantitative estimate of drug-likeness (QED) is 0.151. The van der Waals surface area contributed by atoms with Gasteiger partial charge in [0.15, 0.2) is 0 Å². The van der Waals surface area contributed by atoms with Crippen LogP contribution in [-0.4, -0.2) is 29.9 Å². The fraction of sp³-hybridized carbons (Fsp3) is 0.0882. The fourth-order valence-corrected chi connectivity index (χ4v) is 5.56. The van der Waals surface area contributed by atoms with Gasteiger partial charge in [-0.15, -0.1) is 0 Å². The van der Waals surface area contributed by atoms with Crippen molar-refractivity contribution in [2.45, 2.75) is 41.5 Å². The molecule has 74 heavy (non-hydrogen) atoms. The Morgan fingerprint density at radius 2 is 0.365 bits per heavy atom. The maximum absolute atomic E-state index is 3.78. The van der Waals surface area contributed by atoms with E-state index in [0.29, 0.717) is 0 Å². The van der Waals surface area contributed by atoms with Crippen LogP contribution in [0.4, 0.5) is 0 Å². The second-order valence-corrected chi connectivity index (χ2v) is 15.2. The minimum Gasteiger partial charge on any atom is -0.265 e. The normalized spacial score (nSPS) is 8.68. The summed E-state index contributed by atoms with van der Waals surface area (Å²) in [5.74, 6) is 0. The third-order valence-electron chi connectivity index (χ3n) is 9.09. The van der Waals surface area contributed by atoms with Crippen molar-refractivity contribution >= 4 is 21.5 Å². The molecule has 0 bridgehead atoms. The maximum Gasteiger partial charge on any atom is 0.0267 e. The molecule has 374 valence electrons. The topological polar surface area (TPSA) is 77.3 Å². The van der Waals surface area contributed by atoms with Gasteiger partial charge in [-0.05, 0) is 122 Å². The molecule has 6 aromatic carbocycles. The number of nitrogens with zero attached hydrogens (tertiary/aromatic N) is 6. The molecule has 0 saturated heterocycles. The zero-order chi connectivity index (χ0) is 53.0. The average Bonchev–Trinajstić information content (AvgIpc) is 3.50. The molecule has 6 aromatic heterocycles. The van der Waals surface area contributed by atoms with Crippen molar-refractivity contribution in [3.8, 4) is 0 Å². The second-order valence-electron chi connectivity index (χ2n) is 15.2. The molecule has 0 fully saturated rings. The summed E-state index contributed by atoms with van der Waals surface area (Å²) in [4.78, 5) is 22.7. The number of hydrogen-bond donors (Lipinski definition) is 0. The predicted molar refractivity (Wildman–Crippen MR) is 316 cm³/mol. The molecule has 0 amide bonds. The zero-order valence-corrected chi connectivity index (χ0v) is 43.9. The minimum atomic E-state index is 1.32. The smallest absolute Gasteiger partial charge is 0.0267 e. The lowest BCUT2D eigenvalue weighted by Gasteiger charge is -1.96. The molecule has 0 atom stereocenters. The predicted octanol–water partition coefficient (Wildman–Crippen LogP) is 17.8. The summed E-state index contributed by atoms with van der Waals surface area (Å²) in [6, 6.07) is 84.6. The summed E-state index contributed by atoms with van der Waals surface area (Å²) in [5, 5.41) is 5.29. The van der Waals surface area contributed by atoms with E-state index in [1.807, 2.05) is 159 Å². The van der Waals surface area contributed by atoms with Crippen LogP contribution in [-0.2, 0) is 0 Å². The first-order valence-corrected chi connectivity index (χ1v) is 24.6. The van der Waals surface area contributed by atoms with Crippen LogP contribution in [0.5, 0.6) is 0 Å². The van der Waals surface area contributed by atoms with E-state index in [0.717, 1.165) is 0 Å². The largest absolute Gasteiger partial charge is 0.265 e. The lowest BCUT2D eigenvalue weighted by atomic mass is 10.1. The number of hydrogen-bond acceptors (Lipinski definition) is 6. The third kappa shape index (κ3) is 34.9. The van der Waals surface area contributed by atoms with Gasteiger partial charge in [-0.1, -0.05) is 218 Å². The highest BCUT2D eigenvalue weighted by Crippen LogP contribution is 2.15. The molecular formula is C68H72N6. The number of rotatable bonds is 0. The van der Waals surface area contributed by atoms with E-state index < -0.39 is 0 Å². The summed E-state index contributed by atoms with van der Waals surface area (Å²) in [5.41, 5.74) is 5.29. The molecule has 0 unspecified atom stereocenters. The number of fused-ring (bicyclic) bond motifs is 2. The molecule has 6 heterocycles. The van der Waals surface area contributed by atoms with Gasteiger partial charge >= 0.3 is 0 Å². The van der Waals surface area contributed by atoms with E-state index in [4.69, 9.17) is 0 Å². The van der Waals surface area contributed by atoms with Gasteiger partial charge in [0.25, 0.3) is 0 Å². The van der Waals surface area contributed by atoms with Crippen LogP contribution in [0.15, 0.2) is 329 Å². The van der Waals surface area contributed by atoms with Crippen molar-refractivity contribution in [3.63, 3.8) is 0 Å². The van der Waals surface area contributed by atoms with Crippen molar-refractivity contribution < 1.29 is 0 Å². The van der Waals surface area contributed by atoms with Crippen LogP contribution in [0.2, 0.25) is 0 Å². The van der Waals surface area contributed by atoms with Crippen LogP contribution in [0.25, 0.3) is 21.5 Å². The summed E-state index contributed by atoms with van der Waals surface area (Å²) in [6.45, 7) is 12.4. The number of aryl methyl sites for hydroxylation is 4. The van der Waals surface area contributed by atoms with Gasteiger partial charge in [-0.25, -0.2) is 0 Å². The molecule has 0 aliphatic carbocycles. The first-order chi connectivity index (χ1) is 36.5. The Kier molecular flexibility index (Phi) is 36.9. The van der Waals surface area contributed by atoms with Gasteiger partial charge in [-0.3, -0.25) is 29.9 Å². The molecule has 6 heteroatoms. The van der Waals surface area contributed by atoms with E-state index in [2.05, 4.69) is 167 Å². The number of aromatic nitrogens is 6. The van der Waals surface area contributed by atoms with Crippen molar-refractivity contribution in [2.24, 2.45) is 0 Å². The van der Waals surface area contributed by atoms with Crippen molar-refractivity contribution in [3.05, 3.63) is 351 Å².